The second-order valence-electron chi connectivity index (χ2n) is 5.90. The molecule has 0 aromatic carbocycles. The maximum absolute atomic E-state index is 12.9. The second-order valence-corrected chi connectivity index (χ2v) is 7.01. The van der Waals surface area contributed by atoms with Crippen LogP contribution in [0.5, 0.6) is 5.88 Å². The van der Waals surface area contributed by atoms with Crippen molar-refractivity contribution in [2.45, 2.75) is 26.9 Å². The highest BCUT2D eigenvalue weighted by Gasteiger charge is 2.27. The summed E-state index contributed by atoms with van der Waals surface area (Å²) in [6.45, 7) is 5.16. The molecule has 0 saturated carbocycles. The van der Waals surface area contributed by atoms with Crippen molar-refractivity contribution >= 4 is 22.2 Å². The highest BCUT2D eigenvalue weighted by atomic mass is 32.1. The number of nitrogens with zero attached hydrogens (tertiary/aromatic N) is 3. The average Bonchev–Trinajstić information content (AvgIpc) is 3.25. The minimum Gasteiger partial charge on any atom is -0.477 e. The molecule has 0 unspecified atom stereocenters. The first-order chi connectivity index (χ1) is 13.2. The number of ether oxygens (including phenoxy) is 2. The fraction of sp³-hybridized carbons (Fsp3) is 0.333. The van der Waals surface area contributed by atoms with E-state index in [0.717, 1.165) is 22.4 Å². The van der Waals surface area contributed by atoms with Crippen molar-refractivity contribution < 1.29 is 18.8 Å². The van der Waals surface area contributed by atoms with Crippen LogP contribution in [-0.2, 0) is 17.8 Å². The summed E-state index contributed by atoms with van der Waals surface area (Å²) in [5.74, 6) is 0.944. The first-order valence-corrected chi connectivity index (χ1v) is 9.41. The van der Waals surface area contributed by atoms with Crippen molar-refractivity contribution in [3.05, 3.63) is 40.2 Å². The highest BCUT2D eigenvalue weighted by molar-refractivity contribution is 7.17. The quantitative estimate of drug-likeness (QED) is 0.718. The van der Waals surface area contributed by atoms with E-state index < -0.39 is 0 Å². The maximum Gasteiger partial charge on any atom is 0.261 e. The Morgan fingerprint density at radius 2 is 2.33 bits per heavy atom. The molecule has 140 valence electrons. The van der Waals surface area contributed by atoms with E-state index in [0.29, 0.717) is 48.0 Å². The molecule has 9 heteroatoms. The molecule has 0 saturated heterocycles. The predicted molar refractivity (Wildman–Crippen MR) is 99.1 cm³/mol. The van der Waals surface area contributed by atoms with Gasteiger partial charge in [-0.05, 0) is 38.0 Å². The second kappa shape index (κ2) is 7.45. The summed E-state index contributed by atoms with van der Waals surface area (Å²) >= 11 is 1.46. The largest absolute Gasteiger partial charge is 0.477 e. The van der Waals surface area contributed by atoms with Crippen LogP contribution in [0.1, 0.15) is 33.5 Å². The van der Waals surface area contributed by atoms with E-state index in [9.17, 15) is 4.79 Å². The van der Waals surface area contributed by atoms with Gasteiger partial charge in [-0.25, -0.2) is 4.98 Å². The van der Waals surface area contributed by atoms with Gasteiger partial charge in [-0.1, -0.05) is 5.16 Å². The fourth-order valence-electron chi connectivity index (χ4n) is 2.93. The molecule has 4 heterocycles. The SMILES string of the molecule is CCOc1ncccc1C(=O)Nc1sc2c(c1-c1nc(C)no1)CCOC2. The Morgan fingerprint density at radius 3 is 3.11 bits per heavy atom. The molecule has 0 bridgehead atoms. The van der Waals surface area contributed by atoms with E-state index >= 15 is 0 Å². The summed E-state index contributed by atoms with van der Waals surface area (Å²) in [5, 5.41) is 7.51. The Labute approximate surface area is 159 Å². The predicted octanol–water partition coefficient (Wildman–Crippen LogP) is 3.23. The molecule has 1 aliphatic rings. The Kier molecular flexibility index (Phi) is 4.87. The van der Waals surface area contributed by atoms with Gasteiger partial charge in [0.1, 0.15) is 10.6 Å². The van der Waals surface area contributed by atoms with Gasteiger partial charge < -0.3 is 19.3 Å². The monoisotopic (exact) mass is 386 g/mol. The number of hydrogen-bond acceptors (Lipinski definition) is 8. The number of aryl methyl sites for hydroxylation is 1. The van der Waals surface area contributed by atoms with E-state index in [2.05, 4.69) is 20.4 Å². The fourth-order valence-corrected chi connectivity index (χ4v) is 4.10. The number of aromatic nitrogens is 3. The number of thiophene rings is 1. The first-order valence-electron chi connectivity index (χ1n) is 8.59. The third-order valence-electron chi connectivity index (χ3n) is 4.09. The minimum absolute atomic E-state index is 0.302. The highest BCUT2D eigenvalue weighted by Crippen LogP contribution is 2.42. The summed E-state index contributed by atoms with van der Waals surface area (Å²) in [5.41, 5.74) is 2.23. The molecule has 1 aliphatic heterocycles. The zero-order chi connectivity index (χ0) is 18.8. The Balaban J connectivity index is 1.72. The zero-order valence-corrected chi connectivity index (χ0v) is 15.8. The number of hydrogen-bond donors (Lipinski definition) is 1. The molecule has 1 amide bonds. The number of fused-ring (bicyclic) bond motifs is 1. The summed E-state index contributed by atoms with van der Waals surface area (Å²) in [4.78, 5) is 22.4. The van der Waals surface area contributed by atoms with Gasteiger partial charge in [0.25, 0.3) is 11.8 Å². The van der Waals surface area contributed by atoms with Crippen molar-refractivity contribution in [2.75, 3.05) is 18.5 Å². The van der Waals surface area contributed by atoms with Crippen molar-refractivity contribution in [2.24, 2.45) is 0 Å². The molecular weight excluding hydrogens is 368 g/mol. The van der Waals surface area contributed by atoms with Gasteiger partial charge in [-0.2, -0.15) is 4.98 Å². The van der Waals surface area contributed by atoms with Crippen LogP contribution in [0, 0.1) is 6.92 Å². The molecule has 27 heavy (non-hydrogen) atoms. The van der Waals surface area contributed by atoms with Gasteiger partial charge in [0.2, 0.25) is 5.88 Å². The molecule has 0 fully saturated rings. The lowest BCUT2D eigenvalue weighted by Gasteiger charge is -2.12. The summed E-state index contributed by atoms with van der Waals surface area (Å²) < 4.78 is 16.4. The van der Waals surface area contributed by atoms with Crippen molar-refractivity contribution in [1.29, 1.82) is 0 Å². The Bertz CT molecular complexity index is 982. The Morgan fingerprint density at radius 1 is 1.44 bits per heavy atom. The lowest BCUT2D eigenvalue weighted by atomic mass is 10.1. The number of carbonyl (C=O) groups excluding carboxylic acids is 1. The molecule has 3 aromatic heterocycles. The molecule has 3 aromatic rings. The molecule has 0 aliphatic carbocycles. The maximum atomic E-state index is 12.9. The van der Waals surface area contributed by atoms with Crippen LogP contribution >= 0.6 is 11.3 Å². The minimum atomic E-state index is -0.302. The Hall–Kier alpha value is -2.78. The smallest absolute Gasteiger partial charge is 0.261 e. The summed E-state index contributed by atoms with van der Waals surface area (Å²) in [7, 11) is 0. The van der Waals surface area contributed by atoms with Crippen LogP contribution < -0.4 is 10.1 Å². The van der Waals surface area contributed by atoms with E-state index in [1.54, 1.807) is 25.3 Å². The molecular formula is C18H18N4O4S. The van der Waals surface area contributed by atoms with Crippen LogP contribution in [0.2, 0.25) is 0 Å². The average molecular weight is 386 g/mol. The van der Waals surface area contributed by atoms with E-state index in [4.69, 9.17) is 14.0 Å². The number of nitrogens with one attached hydrogen (secondary N) is 1. The first kappa shape index (κ1) is 17.6. The normalized spacial score (nSPS) is 13.3. The summed E-state index contributed by atoms with van der Waals surface area (Å²) in [6, 6.07) is 3.38. The van der Waals surface area contributed by atoms with Gasteiger partial charge in [-0.3, -0.25) is 4.79 Å². The van der Waals surface area contributed by atoms with Gasteiger partial charge >= 0.3 is 0 Å². The lowest BCUT2D eigenvalue weighted by Crippen LogP contribution is -2.14. The number of rotatable bonds is 5. The third kappa shape index (κ3) is 3.43. The van der Waals surface area contributed by atoms with E-state index in [1.165, 1.54) is 11.3 Å². The van der Waals surface area contributed by atoms with Gasteiger partial charge in [-0.15, -0.1) is 11.3 Å². The number of amides is 1. The van der Waals surface area contributed by atoms with Gasteiger partial charge in [0, 0.05) is 11.1 Å². The van der Waals surface area contributed by atoms with Crippen molar-refractivity contribution in [1.82, 2.24) is 15.1 Å². The van der Waals surface area contributed by atoms with E-state index in [1.807, 2.05) is 6.92 Å². The zero-order valence-electron chi connectivity index (χ0n) is 14.9. The number of pyridine rings is 1. The van der Waals surface area contributed by atoms with Crippen molar-refractivity contribution in [3.63, 3.8) is 0 Å². The van der Waals surface area contributed by atoms with Crippen molar-refractivity contribution in [3.8, 4) is 17.3 Å². The standard InChI is InChI=1S/C18H18N4O4S/c1-3-25-16-12(5-4-7-19-16)15(23)21-18-14(17-20-10(2)22-26-17)11-6-8-24-9-13(11)27-18/h4-5,7H,3,6,8-9H2,1-2H3,(H,21,23). The van der Waals surface area contributed by atoms with Gasteiger partial charge in [0.15, 0.2) is 5.82 Å². The van der Waals surface area contributed by atoms with Crippen LogP contribution in [0.15, 0.2) is 22.9 Å². The van der Waals surface area contributed by atoms with Crippen LogP contribution in [0.3, 0.4) is 0 Å². The van der Waals surface area contributed by atoms with Crippen LogP contribution in [0.25, 0.3) is 11.5 Å². The molecule has 0 radical (unpaired) electrons. The molecule has 0 spiro atoms. The lowest BCUT2D eigenvalue weighted by molar-refractivity contribution is 0.102. The topological polar surface area (TPSA) is 99.4 Å². The number of anilines is 1. The molecule has 8 nitrogen and oxygen atoms in total. The number of carbonyl (C=O) groups is 1. The molecule has 4 rings (SSSR count). The summed E-state index contributed by atoms with van der Waals surface area (Å²) in [6.07, 6.45) is 2.32. The van der Waals surface area contributed by atoms with Crippen LogP contribution in [-0.4, -0.2) is 34.2 Å². The van der Waals surface area contributed by atoms with Crippen LogP contribution in [0.4, 0.5) is 5.00 Å². The molecule has 1 N–H and O–H groups in total. The van der Waals surface area contributed by atoms with E-state index in [-0.39, 0.29) is 5.91 Å². The van der Waals surface area contributed by atoms with Gasteiger partial charge in [0.05, 0.1) is 25.4 Å². The molecule has 0 atom stereocenters. The third-order valence-corrected chi connectivity index (χ3v) is 5.21.